The third-order valence-electron chi connectivity index (χ3n) is 2.64. The molecule has 1 heterocycles. The molecule has 100 valence electrons. The lowest BCUT2D eigenvalue weighted by molar-refractivity contribution is 0.811. The zero-order valence-corrected chi connectivity index (χ0v) is 11.8. The van der Waals surface area contributed by atoms with Crippen molar-refractivity contribution in [3.05, 3.63) is 35.4 Å². The lowest BCUT2D eigenvalue weighted by Gasteiger charge is -2.08. The molecule has 0 aliphatic rings. The summed E-state index contributed by atoms with van der Waals surface area (Å²) in [6, 6.07) is 7.81. The van der Waals surface area contributed by atoms with Crippen molar-refractivity contribution in [3.63, 3.8) is 0 Å². The van der Waals surface area contributed by atoms with Crippen molar-refractivity contribution in [1.29, 1.82) is 0 Å². The molecule has 2 aromatic rings. The summed E-state index contributed by atoms with van der Waals surface area (Å²) in [5.41, 5.74) is 13.8. The number of benzene rings is 1. The molecule has 0 aliphatic heterocycles. The molecule has 0 aliphatic carbocycles. The predicted molar refractivity (Wildman–Crippen MR) is 78.9 cm³/mol. The Morgan fingerprint density at radius 3 is 2.42 bits per heavy atom. The van der Waals surface area contributed by atoms with Crippen LogP contribution in [0.3, 0.4) is 0 Å². The molecule has 1 aromatic heterocycles. The summed E-state index contributed by atoms with van der Waals surface area (Å²) in [6.07, 6.45) is 0. The monoisotopic (exact) mass is 275 g/mol. The van der Waals surface area contributed by atoms with E-state index in [4.69, 9.17) is 11.5 Å². The van der Waals surface area contributed by atoms with E-state index in [0.29, 0.717) is 16.8 Å². The first-order valence-corrected chi connectivity index (χ1v) is 6.72. The van der Waals surface area contributed by atoms with Crippen LogP contribution in [0.2, 0.25) is 0 Å². The fourth-order valence-electron chi connectivity index (χ4n) is 1.73. The minimum atomic E-state index is 0.388. The minimum absolute atomic E-state index is 0.388. The molecule has 0 radical (unpaired) electrons. The number of nitrogens with two attached hydrogens (primary N) is 2. The van der Waals surface area contributed by atoms with Gasteiger partial charge in [0.05, 0.1) is 0 Å². The maximum atomic E-state index is 5.65. The first kappa shape index (κ1) is 13.6. The van der Waals surface area contributed by atoms with Crippen LogP contribution in [0, 0.1) is 6.92 Å². The van der Waals surface area contributed by atoms with Crippen molar-refractivity contribution in [2.45, 2.75) is 23.5 Å². The molecule has 5 N–H and O–H groups in total. The second-order valence-electron chi connectivity index (χ2n) is 4.22. The second-order valence-corrected chi connectivity index (χ2v) is 5.26. The zero-order valence-electron chi connectivity index (χ0n) is 11.0. The van der Waals surface area contributed by atoms with Gasteiger partial charge in [0.2, 0.25) is 0 Å². The van der Waals surface area contributed by atoms with Gasteiger partial charge in [-0.3, -0.25) is 0 Å². The molecule has 0 saturated heterocycles. The Bertz CT molecular complexity index is 565. The first-order valence-electron chi connectivity index (χ1n) is 5.90. The Balaban J connectivity index is 2.21. The molecule has 0 spiro atoms. The number of hydrogen-bond donors (Lipinski definition) is 3. The van der Waals surface area contributed by atoms with E-state index in [1.165, 1.54) is 22.9 Å². The van der Waals surface area contributed by atoms with Gasteiger partial charge in [0.15, 0.2) is 5.16 Å². The summed E-state index contributed by atoms with van der Waals surface area (Å²) in [7, 11) is 1.94. The Morgan fingerprint density at radius 2 is 1.84 bits per heavy atom. The molecule has 0 saturated carbocycles. The van der Waals surface area contributed by atoms with Gasteiger partial charge in [-0.25, -0.2) is 9.97 Å². The van der Waals surface area contributed by atoms with Crippen LogP contribution in [0.4, 0.5) is 11.6 Å². The average molecular weight is 275 g/mol. The van der Waals surface area contributed by atoms with E-state index in [9.17, 15) is 0 Å². The molecule has 0 fully saturated rings. The van der Waals surface area contributed by atoms with Gasteiger partial charge in [-0.2, -0.15) is 0 Å². The van der Waals surface area contributed by atoms with Gasteiger partial charge in [0.1, 0.15) is 11.6 Å². The van der Waals surface area contributed by atoms with Crippen LogP contribution in [-0.2, 0) is 6.54 Å². The zero-order chi connectivity index (χ0) is 13.8. The van der Waals surface area contributed by atoms with E-state index in [0.717, 1.165) is 11.4 Å². The van der Waals surface area contributed by atoms with Gasteiger partial charge in [0.25, 0.3) is 0 Å². The number of nitrogens with zero attached hydrogens (tertiary/aromatic N) is 2. The predicted octanol–water partition coefficient (Wildman–Crippen LogP) is 1.82. The van der Waals surface area contributed by atoms with E-state index in [1.807, 2.05) is 13.1 Å². The van der Waals surface area contributed by atoms with Crippen LogP contribution < -0.4 is 16.8 Å². The fourth-order valence-corrected chi connectivity index (χ4v) is 2.62. The topological polar surface area (TPSA) is 89.8 Å². The van der Waals surface area contributed by atoms with E-state index >= 15 is 0 Å². The molecule has 1 aromatic carbocycles. The number of hydrogen-bond acceptors (Lipinski definition) is 6. The highest BCUT2D eigenvalue weighted by Crippen LogP contribution is 2.27. The van der Waals surface area contributed by atoms with Crippen LogP contribution in [0.15, 0.2) is 34.3 Å². The van der Waals surface area contributed by atoms with Crippen molar-refractivity contribution in [3.8, 4) is 0 Å². The number of nitrogen functional groups attached to an aromatic ring is 2. The summed E-state index contributed by atoms with van der Waals surface area (Å²) < 4.78 is 0. The Labute approximate surface area is 116 Å². The summed E-state index contributed by atoms with van der Waals surface area (Å²) in [6.45, 7) is 2.95. The second kappa shape index (κ2) is 5.90. The third-order valence-corrected chi connectivity index (χ3v) is 3.49. The van der Waals surface area contributed by atoms with Gasteiger partial charge >= 0.3 is 0 Å². The third kappa shape index (κ3) is 3.59. The van der Waals surface area contributed by atoms with Gasteiger partial charge < -0.3 is 16.8 Å². The molecular weight excluding hydrogens is 258 g/mol. The van der Waals surface area contributed by atoms with Crippen molar-refractivity contribution in [2.24, 2.45) is 0 Å². The molecule has 5 nitrogen and oxygen atoms in total. The normalized spacial score (nSPS) is 10.6. The van der Waals surface area contributed by atoms with Gasteiger partial charge in [-0.05, 0) is 49.0 Å². The van der Waals surface area contributed by atoms with Crippen LogP contribution in [-0.4, -0.2) is 17.0 Å². The van der Waals surface area contributed by atoms with E-state index in [1.54, 1.807) is 6.07 Å². The van der Waals surface area contributed by atoms with Crippen molar-refractivity contribution < 1.29 is 0 Å². The Kier molecular flexibility index (Phi) is 4.24. The highest BCUT2D eigenvalue weighted by Gasteiger charge is 2.05. The van der Waals surface area contributed by atoms with Crippen molar-refractivity contribution in [1.82, 2.24) is 15.3 Å². The van der Waals surface area contributed by atoms with Crippen molar-refractivity contribution in [2.75, 3.05) is 18.5 Å². The first-order chi connectivity index (χ1) is 9.08. The maximum absolute atomic E-state index is 5.65. The van der Waals surface area contributed by atoms with Crippen molar-refractivity contribution >= 4 is 23.4 Å². The smallest absolute Gasteiger partial charge is 0.196 e. The number of aryl methyl sites for hydroxylation is 1. The Morgan fingerprint density at radius 1 is 1.16 bits per heavy atom. The number of nitrogens with one attached hydrogen (secondary N) is 1. The summed E-state index contributed by atoms with van der Waals surface area (Å²) in [5.74, 6) is 0.775. The summed E-state index contributed by atoms with van der Waals surface area (Å²) in [5, 5.41) is 3.71. The van der Waals surface area contributed by atoms with Gasteiger partial charge in [-0.15, -0.1) is 0 Å². The van der Waals surface area contributed by atoms with Crippen LogP contribution in [0.1, 0.15) is 11.1 Å². The minimum Gasteiger partial charge on any atom is -0.383 e. The molecule has 2 rings (SSSR count). The van der Waals surface area contributed by atoms with E-state index < -0.39 is 0 Å². The van der Waals surface area contributed by atoms with Crippen LogP contribution in [0.5, 0.6) is 0 Å². The average Bonchev–Trinajstić information content (AvgIpc) is 2.31. The molecule has 6 heteroatoms. The van der Waals surface area contributed by atoms with Crippen LogP contribution >= 0.6 is 11.8 Å². The van der Waals surface area contributed by atoms with E-state index in [-0.39, 0.29) is 0 Å². The fraction of sp³-hybridized carbons (Fsp3) is 0.231. The number of anilines is 2. The standard InChI is InChI=1S/C13H17N5S/c1-8-5-10(4-3-9(8)7-16-2)19-13-17-11(14)6-12(15)18-13/h3-6,16H,7H2,1-2H3,(H4,14,15,17,18). The lowest BCUT2D eigenvalue weighted by Crippen LogP contribution is -2.06. The molecule has 0 bridgehead atoms. The van der Waals surface area contributed by atoms with E-state index in [2.05, 4.69) is 34.3 Å². The number of rotatable bonds is 4. The largest absolute Gasteiger partial charge is 0.383 e. The summed E-state index contributed by atoms with van der Waals surface area (Å²) >= 11 is 1.45. The molecule has 0 unspecified atom stereocenters. The Hall–Kier alpha value is -1.79. The highest BCUT2D eigenvalue weighted by atomic mass is 32.2. The molecular formula is C13H17N5S. The lowest BCUT2D eigenvalue weighted by atomic mass is 10.1. The molecule has 0 amide bonds. The quantitative estimate of drug-likeness (QED) is 0.737. The van der Waals surface area contributed by atoms with Crippen LogP contribution in [0.25, 0.3) is 0 Å². The highest BCUT2D eigenvalue weighted by molar-refractivity contribution is 7.99. The maximum Gasteiger partial charge on any atom is 0.196 e. The molecule has 0 atom stereocenters. The molecule has 19 heavy (non-hydrogen) atoms. The van der Waals surface area contributed by atoms with Gasteiger partial charge in [-0.1, -0.05) is 6.07 Å². The van der Waals surface area contributed by atoms with Gasteiger partial charge in [0, 0.05) is 17.5 Å². The summed E-state index contributed by atoms with van der Waals surface area (Å²) in [4.78, 5) is 9.38. The SMILES string of the molecule is CNCc1ccc(Sc2nc(N)cc(N)n2)cc1C. The number of aromatic nitrogens is 2.